The predicted octanol–water partition coefficient (Wildman–Crippen LogP) is 8.71. The molecule has 0 fully saturated rings. The molecule has 0 saturated carbocycles. The molecule has 4 aromatic carbocycles. The topological polar surface area (TPSA) is 82.9 Å². The molecule has 0 aliphatic rings. The largest absolute Gasteiger partial charge is 0.322 e. The molecule has 0 spiro atoms. The first-order chi connectivity index (χ1) is 18.5. The summed E-state index contributed by atoms with van der Waals surface area (Å²) in [7, 11) is 0. The van der Waals surface area contributed by atoms with Crippen LogP contribution in [0.25, 0.3) is 12.2 Å². The summed E-state index contributed by atoms with van der Waals surface area (Å²) < 4.78 is 0. The molecule has 0 unspecified atom stereocenters. The minimum atomic E-state index is -0.400. The van der Waals surface area contributed by atoms with E-state index in [0.29, 0.717) is 38.4 Å². The molecule has 0 atom stereocenters. The van der Waals surface area contributed by atoms with Crippen LogP contribution in [0.15, 0.2) is 119 Å². The van der Waals surface area contributed by atoms with Crippen molar-refractivity contribution in [3.8, 4) is 0 Å². The summed E-state index contributed by atoms with van der Waals surface area (Å²) in [5.41, 5.74) is 3.33. The highest BCUT2D eigenvalue weighted by Gasteiger charge is 2.09. The SMILES string of the molecule is O=C(C=Cc1ccccc1Cl)Nc1ccc(N=Nc2ccccc2)c(NC(=O)C=Cc2ccccc2Cl)c1. The van der Waals surface area contributed by atoms with E-state index in [0.717, 1.165) is 5.56 Å². The van der Waals surface area contributed by atoms with Gasteiger partial charge in [-0.15, -0.1) is 5.11 Å². The van der Waals surface area contributed by atoms with Gasteiger partial charge in [0.1, 0.15) is 5.69 Å². The highest BCUT2D eigenvalue weighted by Crippen LogP contribution is 2.30. The summed E-state index contributed by atoms with van der Waals surface area (Å²) in [6.45, 7) is 0. The number of benzene rings is 4. The fraction of sp³-hybridized carbons (Fsp3) is 0. The van der Waals surface area contributed by atoms with Crippen LogP contribution in [0.4, 0.5) is 22.7 Å². The standard InChI is InChI=1S/C30H22Cl2N4O2/c31-25-12-6-4-8-21(25)14-18-29(37)33-24-16-17-27(36-35-23-10-2-1-3-11-23)28(20-24)34-30(38)19-15-22-9-5-7-13-26(22)32/h1-20H,(H,33,37)(H,34,38). The van der Waals surface area contributed by atoms with Crippen molar-refractivity contribution in [1.29, 1.82) is 0 Å². The maximum absolute atomic E-state index is 12.7. The average molecular weight is 541 g/mol. The zero-order valence-electron chi connectivity index (χ0n) is 20.0. The molecule has 8 heteroatoms. The number of amides is 2. The molecule has 6 nitrogen and oxygen atoms in total. The average Bonchev–Trinajstić information content (AvgIpc) is 2.92. The van der Waals surface area contributed by atoms with Crippen molar-refractivity contribution < 1.29 is 9.59 Å². The fourth-order valence-electron chi connectivity index (χ4n) is 3.32. The van der Waals surface area contributed by atoms with Crippen LogP contribution in [0.5, 0.6) is 0 Å². The highest BCUT2D eigenvalue weighted by molar-refractivity contribution is 6.32. The lowest BCUT2D eigenvalue weighted by Crippen LogP contribution is -2.10. The monoisotopic (exact) mass is 540 g/mol. The zero-order chi connectivity index (χ0) is 26.7. The Kier molecular flexibility index (Phi) is 9.18. The molecule has 0 saturated heterocycles. The van der Waals surface area contributed by atoms with Crippen LogP contribution in [0.2, 0.25) is 10.0 Å². The number of carbonyl (C=O) groups excluding carboxylic acids is 2. The van der Waals surface area contributed by atoms with Crippen molar-refractivity contribution in [3.63, 3.8) is 0 Å². The van der Waals surface area contributed by atoms with Crippen molar-refractivity contribution in [2.75, 3.05) is 10.6 Å². The fourth-order valence-corrected chi connectivity index (χ4v) is 3.71. The molecule has 0 radical (unpaired) electrons. The third kappa shape index (κ3) is 7.74. The van der Waals surface area contributed by atoms with E-state index in [-0.39, 0.29) is 5.91 Å². The van der Waals surface area contributed by atoms with Gasteiger partial charge in [-0.3, -0.25) is 9.59 Å². The summed E-state index contributed by atoms with van der Waals surface area (Å²) in [5, 5.41) is 15.2. The van der Waals surface area contributed by atoms with Gasteiger partial charge in [-0.25, -0.2) is 0 Å². The summed E-state index contributed by atoms with van der Waals surface area (Å²) in [6.07, 6.45) is 6.00. The smallest absolute Gasteiger partial charge is 0.248 e. The lowest BCUT2D eigenvalue weighted by Gasteiger charge is -2.09. The first-order valence-electron chi connectivity index (χ1n) is 11.6. The predicted molar refractivity (Wildman–Crippen MR) is 155 cm³/mol. The quantitative estimate of drug-likeness (QED) is 0.173. The summed E-state index contributed by atoms with van der Waals surface area (Å²) in [5.74, 6) is -0.761. The molecule has 2 N–H and O–H groups in total. The van der Waals surface area contributed by atoms with Gasteiger partial charge in [-0.2, -0.15) is 5.11 Å². The maximum Gasteiger partial charge on any atom is 0.248 e. The minimum absolute atomic E-state index is 0.362. The number of carbonyl (C=O) groups is 2. The Hall–Kier alpha value is -4.52. The normalized spacial score (nSPS) is 11.3. The summed E-state index contributed by atoms with van der Waals surface area (Å²) >= 11 is 12.3. The Morgan fingerprint density at radius 2 is 1.18 bits per heavy atom. The number of rotatable bonds is 8. The molecule has 4 rings (SSSR count). The molecular formula is C30H22Cl2N4O2. The van der Waals surface area contributed by atoms with Gasteiger partial charge in [0.25, 0.3) is 0 Å². The molecule has 38 heavy (non-hydrogen) atoms. The summed E-state index contributed by atoms with van der Waals surface area (Å²) in [6, 6.07) is 28.6. The molecule has 0 heterocycles. The second-order valence-electron chi connectivity index (χ2n) is 7.96. The molecule has 0 aliphatic carbocycles. The van der Waals surface area contributed by atoms with Gasteiger partial charge in [-0.05, 0) is 65.7 Å². The Labute approximate surface area is 230 Å². The van der Waals surface area contributed by atoms with Crippen molar-refractivity contribution in [2.24, 2.45) is 10.2 Å². The van der Waals surface area contributed by atoms with Crippen molar-refractivity contribution in [3.05, 3.63) is 130 Å². The van der Waals surface area contributed by atoms with Gasteiger partial charge in [0.15, 0.2) is 0 Å². The molecule has 4 aromatic rings. The Morgan fingerprint density at radius 1 is 0.632 bits per heavy atom. The van der Waals surface area contributed by atoms with Crippen LogP contribution in [0, 0.1) is 0 Å². The molecule has 188 valence electrons. The van der Waals surface area contributed by atoms with E-state index >= 15 is 0 Å². The summed E-state index contributed by atoms with van der Waals surface area (Å²) in [4.78, 5) is 25.2. The van der Waals surface area contributed by atoms with Crippen LogP contribution in [0.3, 0.4) is 0 Å². The molecule has 0 bridgehead atoms. The van der Waals surface area contributed by atoms with Gasteiger partial charge >= 0.3 is 0 Å². The molecule has 0 aliphatic heterocycles. The van der Waals surface area contributed by atoms with Crippen molar-refractivity contribution in [2.45, 2.75) is 0 Å². The number of hydrogen-bond acceptors (Lipinski definition) is 4. The number of halogens is 2. The van der Waals surface area contributed by atoms with Gasteiger partial charge in [0.05, 0.1) is 11.4 Å². The second-order valence-corrected chi connectivity index (χ2v) is 8.77. The number of hydrogen-bond donors (Lipinski definition) is 2. The lowest BCUT2D eigenvalue weighted by molar-refractivity contribution is -0.112. The Bertz CT molecular complexity index is 1530. The van der Waals surface area contributed by atoms with E-state index < -0.39 is 5.91 Å². The third-order valence-electron chi connectivity index (χ3n) is 5.19. The van der Waals surface area contributed by atoms with Gasteiger partial charge in [0.2, 0.25) is 11.8 Å². The third-order valence-corrected chi connectivity index (χ3v) is 5.88. The van der Waals surface area contributed by atoms with Gasteiger partial charge < -0.3 is 10.6 Å². The van der Waals surface area contributed by atoms with Crippen LogP contribution < -0.4 is 10.6 Å². The number of azo groups is 1. The highest BCUT2D eigenvalue weighted by atomic mass is 35.5. The van der Waals surface area contributed by atoms with Crippen LogP contribution >= 0.6 is 23.2 Å². The lowest BCUT2D eigenvalue weighted by atomic mass is 10.2. The van der Waals surface area contributed by atoms with Gasteiger partial charge in [0, 0.05) is 27.9 Å². The minimum Gasteiger partial charge on any atom is -0.322 e. The number of nitrogens with one attached hydrogen (secondary N) is 2. The second kappa shape index (κ2) is 13.1. The van der Waals surface area contributed by atoms with E-state index in [1.165, 1.54) is 12.2 Å². The van der Waals surface area contributed by atoms with Crippen molar-refractivity contribution in [1.82, 2.24) is 0 Å². The molecule has 0 aromatic heterocycles. The molecule has 2 amide bonds. The Morgan fingerprint density at radius 3 is 1.79 bits per heavy atom. The van der Waals surface area contributed by atoms with Crippen LogP contribution in [0.1, 0.15) is 11.1 Å². The van der Waals surface area contributed by atoms with E-state index in [2.05, 4.69) is 20.9 Å². The van der Waals surface area contributed by atoms with Gasteiger partial charge in [-0.1, -0.05) is 77.8 Å². The number of anilines is 2. The van der Waals surface area contributed by atoms with Crippen molar-refractivity contribution >= 4 is 69.9 Å². The van der Waals surface area contributed by atoms with Crippen LogP contribution in [-0.4, -0.2) is 11.8 Å². The van der Waals surface area contributed by atoms with E-state index in [1.54, 1.807) is 48.6 Å². The van der Waals surface area contributed by atoms with Crippen LogP contribution in [-0.2, 0) is 9.59 Å². The van der Waals surface area contributed by atoms with E-state index in [1.807, 2.05) is 60.7 Å². The maximum atomic E-state index is 12.7. The number of nitrogens with zero attached hydrogens (tertiary/aromatic N) is 2. The first-order valence-corrected chi connectivity index (χ1v) is 12.3. The van der Waals surface area contributed by atoms with E-state index in [9.17, 15) is 9.59 Å². The zero-order valence-corrected chi connectivity index (χ0v) is 21.5. The Balaban J connectivity index is 1.55. The molecular weight excluding hydrogens is 519 g/mol. The van der Waals surface area contributed by atoms with E-state index in [4.69, 9.17) is 23.2 Å². The first kappa shape index (κ1) is 26.5.